The molecule has 2 amide bonds. The molecule has 0 atom stereocenters. The Balaban J connectivity index is 1.88. The van der Waals surface area contributed by atoms with Gasteiger partial charge < -0.3 is 4.74 Å². The van der Waals surface area contributed by atoms with E-state index in [1.54, 1.807) is 0 Å². The van der Waals surface area contributed by atoms with E-state index in [1.165, 1.54) is 18.2 Å². The first-order valence-electron chi connectivity index (χ1n) is 7.11. The second kappa shape index (κ2) is 8.04. The summed E-state index contributed by atoms with van der Waals surface area (Å²) in [6.07, 6.45) is 0. The fourth-order valence-corrected chi connectivity index (χ4v) is 2.61. The van der Waals surface area contributed by atoms with Gasteiger partial charge in [-0.15, -0.1) is 0 Å². The molecule has 126 valence electrons. The fourth-order valence-electron chi connectivity index (χ4n) is 2.08. The minimum absolute atomic E-state index is 0.220. The maximum atomic E-state index is 12.0. The average molecular weight is 367 g/mol. The molecule has 2 rings (SSSR count). The van der Waals surface area contributed by atoms with Crippen molar-refractivity contribution in [2.75, 3.05) is 6.61 Å². The standard InChI is InChI=1S/C17H16Cl2N2O3/c1-10-4-3-5-11(2)16(10)24-9-15(22)20-21-17(23)12-6-13(18)8-14(19)7-12/h3-8H,9H2,1-2H3,(H,20,22)(H,21,23). The van der Waals surface area contributed by atoms with Crippen molar-refractivity contribution in [3.8, 4) is 5.75 Å². The zero-order chi connectivity index (χ0) is 17.7. The smallest absolute Gasteiger partial charge is 0.276 e. The number of hydrogen-bond acceptors (Lipinski definition) is 3. The number of amides is 2. The Hall–Kier alpha value is -2.24. The molecule has 24 heavy (non-hydrogen) atoms. The van der Waals surface area contributed by atoms with Crippen molar-refractivity contribution in [2.24, 2.45) is 0 Å². The number of aryl methyl sites for hydroxylation is 2. The summed E-state index contributed by atoms with van der Waals surface area (Å²) in [5.41, 5.74) is 6.66. The van der Waals surface area contributed by atoms with Crippen LogP contribution in [0.15, 0.2) is 36.4 Å². The normalized spacial score (nSPS) is 10.2. The number of hydrogen-bond donors (Lipinski definition) is 2. The maximum absolute atomic E-state index is 12.0. The van der Waals surface area contributed by atoms with Crippen molar-refractivity contribution in [1.82, 2.24) is 10.9 Å². The van der Waals surface area contributed by atoms with Crippen LogP contribution in [0.5, 0.6) is 5.75 Å². The van der Waals surface area contributed by atoms with Crippen LogP contribution in [0, 0.1) is 13.8 Å². The third-order valence-corrected chi connectivity index (χ3v) is 3.63. The van der Waals surface area contributed by atoms with Gasteiger partial charge in [0.25, 0.3) is 11.8 Å². The predicted molar refractivity (Wildman–Crippen MR) is 93.5 cm³/mol. The number of ether oxygens (including phenoxy) is 1. The van der Waals surface area contributed by atoms with Crippen LogP contribution >= 0.6 is 23.2 Å². The Morgan fingerprint density at radius 3 is 2.17 bits per heavy atom. The van der Waals surface area contributed by atoms with E-state index in [4.69, 9.17) is 27.9 Å². The molecule has 2 N–H and O–H groups in total. The molecular weight excluding hydrogens is 351 g/mol. The van der Waals surface area contributed by atoms with E-state index >= 15 is 0 Å². The summed E-state index contributed by atoms with van der Waals surface area (Å²) in [6.45, 7) is 3.57. The molecule has 5 nitrogen and oxygen atoms in total. The highest BCUT2D eigenvalue weighted by atomic mass is 35.5. The van der Waals surface area contributed by atoms with E-state index in [-0.39, 0.29) is 12.2 Å². The molecule has 0 aliphatic carbocycles. The Morgan fingerprint density at radius 2 is 1.58 bits per heavy atom. The summed E-state index contributed by atoms with van der Waals surface area (Å²) in [5, 5.41) is 0.662. The van der Waals surface area contributed by atoms with Crippen LogP contribution in [0.25, 0.3) is 0 Å². The highest BCUT2D eigenvalue weighted by Gasteiger charge is 2.11. The predicted octanol–water partition coefficient (Wildman–Crippen LogP) is 3.45. The number of para-hydroxylation sites is 1. The molecule has 0 spiro atoms. The molecule has 0 fully saturated rings. The summed E-state index contributed by atoms with van der Waals surface area (Å²) >= 11 is 11.7. The number of hydrazine groups is 1. The lowest BCUT2D eigenvalue weighted by molar-refractivity contribution is -0.123. The highest BCUT2D eigenvalue weighted by molar-refractivity contribution is 6.35. The minimum Gasteiger partial charge on any atom is -0.483 e. The molecule has 7 heteroatoms. The summed E-state index contributed by atoms with van der Waals surface area (Å²) in [5.74, 6) is -0.362. The zero-order valence-electron chi connectivity index (χ0n) is 13.2. The second-order valence-corrected chi connectivity index (χ2v) is 6.04. The molecule has 2 aromatic carbocycles. The summed E-state index contributed by atoms with van der Waals surface area (Å²) in [4.78, 5) is 23.8. The van der Waals surface area contributed by atoms with Crippen LogP contribution in [0.3, 0.4) is 0 Å². The summed E-state index contributed by atoms with van der Waals surface area (Å²) in [7, 11) is 0. The van der Waals surface area contributed by atoms with Gasteiger partial charge in [-0.2, -0.15) is 0 Å². The number of nitrogens with one attached hydrogen (secondary N) is 2. The third kappa shape index (κ3) is 4.88. The van der Waals surface area contributed by atoms with Crippen molar-refractivity contribution in [3.63, 3.8) is 0 Å². The van der Waals surface area contributed by atoms with Crippen LogP contribution in [0.1, 0.15) is 21.5 Å². The Labute approximate surface area is 149 Å². The fraction of sp³-hybridized carbons (Fsp3) is 0.176. The molecular formula is C17H16Cl2N2O3. The van der Waals surface area contributed by atoms with E-state index in [0.29, 0.717) is 15.8 Å². The second-order valence-electron chi connectivity index (χ2n) is 5.17. The van der Waals surface area contributed by atoms with Crippen molar-refractivity contribution in [2.45, 2.75) is 13.8 Å². The number of carbonyl (C=O) groups is 2. The number of halogens is 2. The monoisotopic (exact) mass is 366 g/mol. The van der Waals surface area contributed by atoms with Crippen molar-refractivity contribution in [3.05, 3.63) is 63.1 Å². The highest BCUT2D eigenvalue weighted by Crippen LogP contribution is 2.22. The van der Waals surface area contributed by atoms with Gasteiger partial charge >= 0.3 is 0 Å². The molecule has 0 saturated heterocycles. The van der Waals surface area contributed by atoms with Gasteiger partial charge in [0.1, 0.15) is 5.75 Å². The minimum atomic E-state index is -0.528. The molecule has 2 aromatic rings. The molecule has 0 saturated carbocycles. The van der Waals surface area contributed by atoms with E-state index in [0.717, 1.165) is 11.1 Å². The van der Waals surface area contributed by atoms with Gasteiger partial charge in [-0.25, -0.2) is 0 Å². The van der Waals surface area contributed by atoms with Crippen LogP contribution in [-0.4, -0.2) is 18.4 Å². The Morgan fingerprint density at radius 1 is 1.00 bits per heavy atom. The zero-order valence-corrected chi connectivity index (χ0v) is 14.7. The molecule has 0 radical (unpaired) electrons. The molecule has 0 aromatic heterocycles. The van der Waals surface area contributed by atoms with Gasteiger partial charge in [0.15, 0.2) is 6.61 Å². The Bertz CT molecular complexity index is 738. The van der Waals surface area contributed by atoms with Crippen LogP contribution in [0.2, 0.25) is 10.0 Å². The van der Waals surface area contributed by atoms with Gasteiger partial charge in [0.05, 0.1) is 0 Å². The lowest BCUT2D eigenvalue weighted by Gasteiger charge is -2.12. The lowest BCUT2D eigenvalue weighted by Crippen LogP contribution is -2.43. The van der Waals surface area contributed by atoms with Crippen LogP contribution in [-0.2, 0) is 4.79 Å². The van der Waals surface area contributed by atoms with E-state index in [1.807, 2.05) is 32.0 Å². The molecule has 0 bridgehead atoms. The van der Waals surface area contributed by atoms with E-state index in [2.05, 4.69) is 10.9 Å². The average Bonchev–Trinajstić information content (AvgIpc) is 2.51. The van der Waals surface area contributed by atoms with Crippen LogP contribution in [0.4, 0.5) is 0 Å². The number of benzene rings is 2. The first-order valence-corrected chi connectivity index (χ1v) is 7.86. The molecule has 0 unspecified atom stereocenters. The van der Waals surface area contributed by atoms with E-state index in [9.17, 15) is 9.59 Å². The van der Waals surface area contributed by atoms with E-state index < -0.39 is 11.8 Å². The van der Waals surface area contributed by atoms with Crippen molar-refractivity contribution < 1.29 is 14.3 Å². The van der Waals surface area contributed by atoms with Crippen molar-refractivity contribution in [1.29, 1.82) is 0 Å². The first kappa shape index (κ1) is 18.1. The molecule has 0 heterocycles. The molecule has 0 aliphatic rings. The summed E-state index contributed by atoms with van der Waals surface area (Å²) in [6, 6.07) is 10.1. The topological polar surface area (TPSA) is 67.4 Å². The quantitative estimate of drug-likeness (QED) is 0.814. The van der Waals surface area contributed by atoms with Gasteiger partial charge in [-0.3, -0.25) is 20.4 Å². The summed E-state index contributed by atoms with van der Waals surface area (Å²) < 4.78 is 5.50. The van der Waals surface area contributed by atoms with Crippen molar-refractivity contribution >= 4 is 35.0 Å². The Kier molecular flexibility index (Phi) is 6.06. The number of rotatable bonds is 4. The van der Waals surface area contributed by atoms with Gasteiger partial charge in [0.2, 0.25) is 0 Å². The number of carbonyl (C=O) groups excluding carboxylic acids is 2. The SMILES string of the molecule is Cc1cccc(C)c1OCC(=O)NNC(=O)c1cc(Cl)cc(Cl)c1. The maximum Gasteiger partial charge on any atom is 0.276 e. The largest absolute Gasteiger partial charge is 0.483 e. The van der Waals surface area contributed by atoms with Gasteiger partial charge in [-0.1, -0.05) is 41.4 Å². The first-order chi connectivity index (χ1) is 11.4. The van der Waals surface area contributed by atoms with Gasteiger partial charge in [0, 0.05) is 15.6 Å². The lowest BCUT2D eigenvalue weighted by atomic mass is 10.1. The van der Waals surface area contributed by atoms with Gasteiger partial charge in [-0.05, 0) is 43.2 Å². The molecule has 0 aliphatic heterocycles. The third-order valence-electron chi connectivity index (χ3n) is 3.20. The van der Waals surface area contributed by atoms with Crippen LogP contribution < -0.4 is 15.6 Å².